The first-order chi connectivity index (χ1) is 8.23. The molecule has 1 aliphatic heterocycles. The lowest BCUT2D eigenvalue weighted by molar-refractivity contribution is -0.140. The largest absolute Gasteiger partial charge is 0.480 e. The Morgan fingerprint density at radius 1 is 1.33 bits per heavy atom. The molecular weight excluding hydrogens is 246 g/mol. The van der Waals surface area contributed by atoms with Gasteiger partial charge in [-0.25, -0.2) is 0 Å². The zero-order valence-corrected chi connectivity index (χ0v) is 9.57. The summed E-state index contributed by atoms with van der Waals surface area (Å²) in [5.74, 6) is -2.80. The zero-order valence-electron chi connectivity index (χ0n) is 9.57. The number of aliphatic hydroxyl groups is 1. The highest BCUT2D eigenvalue weighted by atomic mass is 16.4. The molecule has 3 atom stereocenters. The third-order valence-electron chi connectivity index (χ3n) is 2.14. The smallest absolute Gasteiger partial charge is 0.321 e. The first kappa shape index (κ1) is 16.3. The summed E-state index contributed by atoms with van der Waals surface area (Å²) in [6.07, 6.45) is -0.462. The van der Waals surface area contributed by atoms with Crippen molar-refractivity contribution in [3.05, 3.63) is 0 Å². The predicted octanol–water partition coefficient (Wildman–Crippen LogP) is -2.93. The van der Waals surface area contributed by atoms with Gasteiger partial charge in [-0.1, -0.05) is 0 Å². The fourth-order valence-electron chi connectivity index (χ4n) is 1.21. The van der Waals surface area contributed by atoms with Crippen LogP contribution in [0.25, 0.3) is 0 Å². The molecule has 8 N–H and O–H groups in total. The second-order valence-corrected chi connectivity index (χ2v) is 3.80. The van der Waals surface area contributed by atoms with Crippen molar-refractivity contribution >= 4 is 17.8 Å². The number of carbonyl (C=O) groups excluding carboxylic acids is 1. The number of β-amino-alcohol motifs (C(OH)–C–C–N with tert-alkyl or cyclic N) is 1. The van der Waals surface area contributed by atoms with E-state index in [4.69, 9.17) is 21.1 Å². The summed E-state index contributed by atoms with van der Waals surface area (Å²) < 4.78 is 0. The number of hydrogen-bond donors (Lipinski definition) is 6. The molecule has 0 aromatic rings. The van der Waals surface area contributed by atoms with Crippen molar-refractivity contribution in [3.8, 4) is 0 Å². The number of hydrogen-bond acceptors (Lipinski definition) is 6. The zero-order chi connectivity index (χ0) is 14.3. The average Bonchev–Trinajstić information content (AvgIpc) is 2.64. The number of amides is 1. The molecule has 0 unspecified atom stereocenters. The van der Waals surface area contributed by atoms with E-state index in [0.717, 1.165) is 0 Å². The fraction of sp³-hybridized carbons (Fsp3) is 0.667. The number of carboxylic acids is 2. The topological polar surface area (TPSA) is 176 Å². The van der Waals surface area contributed by atoms with Crippen molar-refractivity contribution in [2.45, 2.75) is 31.0 Å². The third kappa shape index (κ3) is 6.78. The van der Waals surface area contributed by atoms with Crippen LogP contribution in [-0.2, 0) is 14.4 Å². The molecule has 0 aromatic heterocycles. The molecule has 1 aliphatic rings. The van der Waals surface area contributed by atoms with Crippen molar-refractivity contribution in [2.75, 3.05) is 6.54 Å². The standard InChI is InChI=1S/C5H9NO3.C4H8N2O3/c7-3-1-4(5(8)9)6-2-3;5-2(4(8)9)1-3(6)7/h3-4,6-7H,1-2H2,(H,8,9);2H,1,5H2,(H2,6,7)(H,8,9)/t3-,4+;2-/m10/s1. The highest BCUT2D eigenvalue weighted by molar-refractivity contribution is 5.83. The first-order valence-corrected chi connectivity index (χ1v) is 5.15. The number of aliphatic carboxylic acids is 2. The molecule has 0 aliphatic carbocycles. The Labute approximate surface area is 103 Å². The van der Waals surface area contributed by atoms with Crippen LogP contribution in [0.4, 0.5) is 0 Å². The van der Waals surface area contributed by atoms with E-state index in [-0.39, 0.29) is 6.42 Å². The van der Waals surface area contributed by atoms with Crippen LogP contribution in [0.3, 0.4) is 0 Å². The minimum Gasteiger partial charge on any atom is -0.480 e. The Kier molecular flexibility index (Phi) is 6.86. The van der Waals surface area contributed by atoms with Crippen LogP contribution < -0.4 is 16.8 Å². The molecule has 104 valence electrons. The average molecular weight is 263 g/mol. The first-order valence-electron chi connectivity index (χ1n) is 5.15. The van der Waals surface area contributed by atoms with E-state index in [1.807, 2.05) is 0 Å². The molecule has 18 heavy (non-hydrogen) atoms. The number of nitrogens with one attached hydrogen (secondary N) is 1. The van der Waals surface area contributed by atoms with Gasteiger partial charge in [0.25, 0.3) is 0 Å². The number of carbonyl (C=O) groups is 3. The van der Waals surface area contributed by atoms with Gasteiger partial charge in [0.1, 0.15) is 12.1 Å². The summed E-state index contributed by atoms with van der Waals surface area (Å²) >= 11 is 0. The van der Waals surface area contributed by atoms with E-state index < -0.39 is 36.0 Å². The van der Waals surface area contributed by atoms with Crippen LogP contribution in [0, 0.1) is 0 Å². The molecule has 1 heterocycles. The second-order valence-electron chi connectivity index (χ2n) is 3.80. The Hall–Kier alpha value is -1.71. The van der Waals surface area contributed by atoms with Gasteiger partial charge >= 0.3 is 11.9 Å². The molecule has 1 amide bonds. The summed E-state index contributed by atoms with van der Waals surface area (Å²) in [5.41, 5.74) is 9.57. The molecule has 0 aromatic carbocycles. The Balaban J connectivity index is 0.000000321. The van der Waals surface area contributed by atoms with Crippen LogP contribution >= 0.6 is 0 Å². The monoisotopic (exact) mass is 263 g/mol. The molecule has 1 rings (SSSR count). The quantitative estimate of drug-likeness (QED) is 0.312. The molecule has 1 fully saturated rings. The van der Waals surface area contributed by atoms with E-state index >= 15 is 0 Å². The molecular formula is C9H17N3O6. The summed E-state index contributed by atoms with van der Waals surface area (Å²) in [6.45, 7) is 0.400. The number of primary amides is 1. The predicted molar refractivity (Wildman–Crippen MR) is 59.5 cm³/mol. The van der Waals surface area contributed by atoms with E-state index in [1.165, 1.54) is 0 Å². The number of aliphatic hydroxyl groups excluding tert-OH is 1. The van der Waals surface area contributed by atoms with Crippen LogP contribution in [-0.4, -0.2) is 57.9 Å². The molecule has 1 saturated heterocycles. The molecule has 9 heteroatoms. The summed E-state index contributed by atoms with van der Waals surface area (Å²) in [7, 11) is 0. The van der Waals surface area contributed by atoms with Gasteiger partial charge in [-0.3, -0.25) is 14.4 Å². The van der Waals surface area contributed by atoms with Crippen molar-refractivity contribution in [2.24, 2.45) is 11.5 Å². The normalized spacial score (nSPS) is 23.7. The van der Waals surface area contributed by atoms with Crippen LogP contribution in [0.5, 0.6) is 0 Å². The minimum absolute atomic E-state index is 0.310. The molecule has 0 bridgehead atoms. The highest BCUT2D eigenvalue weighted by Gasteiger charge is 2.27. The fourth-order valence-corrected chi connectivity index (χ4v) is 1.21. The van der Waals surface area contributed by atoms with E-state index in [1.54, 1.807) is 0 Å². The van der Waals surface area contributed by atoms with Gasteiger partial charge < -0.3 is 32.1 Å². The lowest BCUT2D eigenvalue weighted by Gasteiger charge is -1.99. The van der Waals surface area contributed by atoms with Gasteiger partial charge in [-0.2, -0.15) is 0 Å². The van der Waals surface area contributed by atoms with E-state index in [0.29, 0.717) is 13.0 Å². The maximum atomic E-state index is 10.2. The van der Waals surface area contributed by atoms with Gasteiger partial charge in [0, 0.05) is 13.0 Å². The summed E-state index contributed by atoms with van der Waals surface area (Å²) in [6, 6.07) is -1.71. The van der Waals surface area contributed by atoms with Gasteiger partial charge in [0.05, 0.1) is 12.5 Å². The van der Waals surface area contributed by atoms with Crippen LogP contribution in [0.1, 0.15) is 12.8 Å². The van der Waals surface area contributed by atoms with Crippen LogP contribution in [0.15, 0.2) is 0 Å². The Morgan fingerprint density at radius 3 is 2.06 bits per heavy atom. The summed E-state index contributed by atoms with van der Waals surface area (Å²) in [5, 5.41) is 27.9. The molecule has 0 radical (unpaired) electrons. The van der Waals surface area contributed by atoms with E-state index in [9.17, 15) is 14.4 Å². The van der Waals surface area contributed by atoms with Gasteiger partial charge in [-0.15, -0.1) is 0 Å². The SMILES string of the molecule is NC(=O)C[C@H](N)C(=O)O.O=C(O)[C@@H]1C[C@@H](O)CN1. The van der Waals surface area contributed by atoms with Crippen molar-refractivity contribution < 1.29 is 29.7 Å². The minimum atomic E-state index is -1.21. The molecule has 9 nitrogen and oxygen atoms in total. The Bertz CT molecular complexity index is 321. The van der Waals surface area contributed by atoms with Crippen LogP contribution in [0.2, 0.25) is 0 Å². The molecule has 0 spiro atoms. The Morgan fingerprint density at radius 2 is 1.89 bits per heavy atom. The van der Waals surface area contributed by atoms with Crippen molar-refractivity contribution in [3.63, 3.8) is 0 Å². The lowest BCUT2D eigenvalue weighted by atomic mass is 10.2. The number of carboxylic acid groups (broad SMARTS) is 2. The van der Waals surface area contributed by atoms with E-state index in [2.05, 4.69) is 11.1 Å². The van der Waals surface area contributed by atoms with Crippen molar-refractivity contribution in [1.82, 2.24) is 5.32 Å². The number of nitrogens with two attached hydrogens (primary N) is 2. The highest BCUT2D eigenvalue weighted by Crippen LogP contribution is 2.05. The molecule has 0 saturated carbocycles. The van der Waals surface area contributed by atoms with Gasteiger partial charge in [0.2, 0.25) is 5.91 Å². The van der Waals surface area contributed by atoms with Gasteiger partial charge in [0.15, 0.2) is 0 Å². The maximum absolute atomic E-state index is 10.2. The lowest BCUT2D eigenvalue weighted by Crippen LogP contribution is -2.34. The maximum Gasteiger partial charge on any atom is 0.321 e. The number of rotatable bonds is 4. The summed E-state index contributed by atoms with van der Waals surface area (Å²) in [4.78, 5) is 30.1. The second kappa shape index (κ2) is 7.58. The van der Waals surface area contributed by atoms with Crippen molar-refractivity contribution in [1.29, 1.82) is 0 Å². The van der Waals surface area contributed by atoms with Gasteiger partial charge in [-0.05, 0) is 0 Å². The third-order valence-corrected chi connectivity index (χ3v) is 2.14.